The van der Waals surface area contributed by atoms with E-state index in [0.717, 1.165) is 30.2 Å². The zero-order valence-corrected chi connectivity index (χ0v) is 17.0. The standard InChI is InChI=1S/C22H24F2N4O2/c1-27(13-18-4-3-7-30-18)22(29)21-19-11-17(5-6-20(19)28(2)26-21)25-12-14-8-15(23)10-16(24)9-14/h3-4,7-10,17,25H,5-6,11-13H2,1-2H3/t17-/m1/s1. The van der Waals surface area contributed by atoms with E-state index in [-0.39, 0.29) is 11.9 Å². The highest BCUT2D eigenvalue weighted by Gasteiger charge is 2.29. The Bertz CT molecular complexity index is 1030. The maximum Gasteiger partial charge on any atom is 0.274 e. The van der Waals surface area contributed by atoms with E-state index in [1.807, 2.05) is 13.1 Å². The molecule has 8 heteroatoms. The highest BCUT2D eigenvalue weighted by Crippen LogP contribution is 2.26. The maximum absolute atomic E-state index is 13.4. The first-order chi connectivity index (χ1) is 14.4. The van der Waals surface area contributed by atoms with Crippen LogP contribution >= 0.6 is 0 Å². The average Bonchev–Trinajstić information content (AvgIpc) is 3.33. The summed E-state index contributed by atoms with van der Waals surface area (Å²) >= 11 is 0. The van der Waals surface area contributed by atoms with E-state index >= 15 is 0 Å². The number of carbonyl (C=O) groups excluding carboxylic acids is 1. The Balaban J connectivity index is 1.46. The lowest BCUT2D eigenvalue weighted by Crippen LogP contribution is -2.35. The molecule has 158 valence electrons. The number of aryl methyl sites for hydroxylation is 1. The Morgan fingerprint density at radius 1 is 1.33 bits per heavy atom. The van der Waals surface area contributed by atoms with Crippen molar-refractivity contribution in [2.45, 2.75) is 38.4 Å². The van der Waals surface area contributed by atoms with Crippen molar-refractivity contribution < 1.29 is 18.0 Å². The number of rotatable bonds is 6. The quantitative estimate of drug-likeness (QED) is 0.673. The number of carbonyl (C=O) groups is 1. The van der Waals surface area contributed by atoms with Gasteiger partial charge in [-0.25, -0.2) is 8.78 Å². The molecule has 1 atom stereocenters. The maximum atomic E-state index is 13.4. The van der Waals surface area contributed by atoms with E-state index in [9.17, 15) is 13.6 Å². The second kappa shape index (κ2) is 8.39. The summed E-state index contributed by atoms with van der Waals surface area (Å²) in [5, 5.41) is 7.85. The Kier molecular flexibility index (Phi) is 5.67. The van der Waals surface area contributed by atoms with Crippen molar-refractivity contribution >= 4 is 5.91 Å². The van der Waals surface area contributed by atoms with Crippen LogP contribution in [0.2, 0.25) is 0 Å². The Morgan fingerprint density at radius 2 is 2.10 bits per heavy atom. The Labute approximate surface area is 173 Å². The van der Waals surface area contributed by atoms with Crippen LogP contribution in [-0.4, -0.2) is 33.7 Å². The fraction of sp³-hybridized carbons (Fsp3) is 0.364. The van der Waals surface area contributed by atoms with Crippen molar-refractivity contribution in [3.05, 3.63) is 76.5 Å². The molecule has 3 aromatic rings. The lowest BCUT2D eigenvalue weighted by Gasteiger charge is -2.25. The summed E-state index contributed by atoms with van der Waals surface area (Å²) in [5.41, 5.74) is 2.99. The molecule has 1 aliphatic carbocycles. The Hall–Kier alpha value is -3.00. The van der Waals surface area contributed by atoms with Gasteiger partial charge in [0.05, 0.1) is 12.8 Å². The lowest BCUT2D eigenvalue weighted by molar-refractivity contribution is 0.0767. The highest BCUT2D eigenvalue weighted by atomic mass is 19.1. The SMILES string of the molecule is CN(Cc1ccco1)C(=O)c1nn(C)c2c1C[C@H](NCc1cc(F)cc(F)c1)CC2. The molecular formula is C22H24F2N4O2. The molecule has 0 spiro atoms. The fourth-order valence-electron chi connectivity index (χ4n) is 4.00. The van der Waals surface area contributed by atoms with Crippen molar-refractivity contribution in [1.29, 1.82) is 0 Å². The van der Waals surface area contributed by atoms with Gasteiger partial charge in [-0.1, -0.05) is 0 Å². The minimum Gasteiger partial charge on any atom is -0.467 e. The number of hydrogen-bond donors (Lipinski definition) is 1. The van der Waals surface area contributed by atoms with Crippen LogP contribution in [-0.2, 0) is 33.0 Å². The van der Waals surface area contributed by atoms with Crippen LogP contribution in [0.4, 0.5) is 8.78 Å². The lowest BCUT2D eigenvalue weighted by atomic mass is 9.91. The molecule has 4 rings (SSSR count). The van der Waals surface area contributed by atoms with E-state index < -0.39 is 11.6 Å². The molecule has 1 aromatic carbocycles. The molecule has 2 heterocycles. The van der Waals surface area contributed by atoms with Gasteiger partial charge in [0.2, 0.25) is 0 Å². The fourth-order valence-corrected chi connectivity index (χ4v) is 4.00. The van der Waals surface area contributed by atoms with Crippen molar-refractivity contribution in [2.24, 2.45) is 7.05 Å². The summed E-state index contributed by atoms with van der Waals surface area (Å²) in [7, 11) is 3.58. The van der Waals surface area contributed by atoms with Gasteiger partial charge < -0.3 is 14.6 Å². The average molecular weight is 414 g/mol. The number of halogens is 2. The Morgan fingerprint density at radius 3 is 2.80 bits per heavy atom. The number of hydrogen-bond acceptors (Lipinski definition) is 4. The summed E-state index contributed by atoms with van der Waals surface area (Å²) in [6, 6.07) is 7.22. The van der Waals surface area contributed by atoms with Gasteiger partial charge in [0, 0.05) is 44.0 Å². The molecule has 0 saturated carbocycles. The van der Waals surface area contributed by atoms with Crippen molar-refractivity contribution in [3.63, 3.8) is 0 Å². The zero-order chi connectivity index (χ0) is 21.3. The second-order valence-electron chi connectivity index (χ2n) is 7.74. The number of aromatic nitrogens is 2. The third-order valence-corrected chi connectivity index (χ3v) is 5.49. The van der Waals surface area contributed by atoms with Crippen molar-refractivity contribution in [2.75, 3.05) is 7.05 Å². The largest absolute Gasteiger partial charge is 0.467 e. The normalized spacial score (nSPS) is 15.8. The molecule has 1 amide bonds. The topological polar surface area (TPSA) is 63.3 Å². The summed E-state index contributed by atoms with van der Waals surface area (Å²) in [4.78, 5) is 14.6. The minimum absolute atomic E-state index is 0.0926. The van der Waals surface area contributed by atoms with Crippen LogP contribution in [0.5, 0.6) is 0 Å². The highest BCUT2D eigenvalue weighted by molar-refractivity contribution is 5.94. The molecule has 0 radical (unpaired) electrons. The van der Waals surface area contributed by atoms with Crippen LogP contribution in [0.15, 0.2) is 41.0 Å². The van der Waals surface area contributed by atoms with Crippen LogP contribution in [0.3, 0.4) is 0 Å². The van der Waals surface area contributed by atoms with Crippen molar-refractivity contribution in [1.82, 2.24) is 20.0 Å². The summed E-state index contributed by atoms with van der Waals surface area (Å²) < 4.78 is 33.9. The molecule has 0 saturated heterocycles. The zero-order valence-electron chi connectivity index (χ0n) is 17.0. The molecule has 6 nitrogen and oxygen atoms in total. The minimum atomic E-state index is -0.586. The van der Waals surface area contributed by atoms with Gasteiger partial charge in [-0.3, -0.25) is 9.48 Å². The van der Waals surface area contributed by atoms with Gasteiger partial charge in [-0.2, -0.15) is 5.10 Å². The van der Waals surface area contributed by atoms with Gasteiger partial charge in [0.15, 0.2) is 5.69 Å². The predicted molar refractivity (Wildman–Crippen MR) is 107 cm³/mol. The van der Waals surface area contributed by atoms with E-state index in [2.05, 4.69) is 10.4 Å². The van der Waals surface area contributed by atoms with E-state index in [0.29, 0.717) is 36.5 Å². The number of nitrogens with one attached hydrogen (secondary N) is 1. The first-order valence-electron chi connectivity index (χ1n) is 9.91. The van der Waals surface area contributed by atoms with E-state index in [1.54, 1.807) is 29.0 Å². The number of nitrogens with zero attached hydrogens (tertiary/aromatic N) is 3. The number of benzene rings is 1. The van der Waals surface area contributed by atoms with Crippen LogP contribution in [0.1, 0.15) is 39.5 Å². The molecular weight excluding hydrogens is 390 g/mol. The van der Waals surface area contributed by atoms with E-state index in [4.69, 9.17) is 4.42 Å². The molecule has 0 unspecified atom stereocenters. The van der Waals surface area contributed by atoms with Crippen LogP contribution in [0.25, 0.3) is 0 Å². The molecule has 0 aliphatic heterocycles. The first-order valence-corrected chi connectivity index (χ1v) is 9.91. The van der Waals surface area contributed by atoms with Crippen LogP contribution in [0, 0.1) is 11.6 Å². The molecule has 1 N–H and O–H groups in total. The molecule has 0 fully saturated rings. The second-order valence-corrected chi connectivity index (χ2v) is 7.74. The van der Waals surface area contributed by atoms with Crippen molar-refractivity contribution in [3.8, 4) is 0 Å². The molecule has 0 bridgehead atoms. The first kappa shape index (κ1) is 20.3. The molecule has 30 heavy (non-hydrogen) atoms. The van der Waals surface area contributed by atoms with Gasteiger partial charge in [0.1, 0.15) is 17.4 Å². The third-order valence-electron chi connectivity index (χ3n) is 5.49. The van der Waals surface area contributed by atoms with Crippen LogP contribution < -0.4 is 5.32 Å². The monoisotopic (exact) mass is 414 g/mol. The summed E-state index contributed by atoms with van der Waals surface area (Å²) in [5.74, 6) is -0.622. The van der Waals surface area contributed by atoms with Gasteiger partial charge in [0.25, 0.3) is 5.91 Å². The molecule has 1 aliphatic rings. The number of amides is 1. The molecule has 2 aromatic heterocycles. The van der Waals surface area contributed by atoms with E-state index in [1.165, 1.54) is 12.1 Å². The third kappa shape index (κ3) is 4.28. The summed E-state index contributed by atoms with van der Waals surface area (Å²) in [6.07, 6.45) is 3.86. The van der Waals surface area contributed by atoms with Gasteiger partial charge in [-0.05, 0) is 49.1 Å². The smallest absolute Gasteiger partial charge is 0.274 e. The predicted octanol–water partition coefficient (Wildman–Crippen LogP) is 3.21. The number of furan rings is 1. The number of fused-ring (bicyclic) bond motifs is 1. The van der Waals surface area contributed by atoms with Gasteiger partial charge in [-0.15, -0.1) is 0 Å². The summed E-state index contributed by atoms with van der Waals surface area (Å²) in [6.45, 7) is 0.723. The van der Waals surface area contributed by atoms with Gasteiger partial charge >= 0.3 is 0 Å².